The summed E-state index contributed by atoms with van der Waals surface area (Å²) in [5.74, 6) is 0.744. The number of aryl methyl sites for hydroxylation is 1. The van der Waals surface area contributed by atoms with Gasteiger partial charge in [-0.1, -0.05) is 90.5 Å². The summed E-state index contributed by atoms with van der Waals surface area (Å²) in [5, 5.41) is 0. The Labute approximate surface area is 266 Å². The fourth-order valence-electron chi connectivity index (χ4n) is 4.76. The molecular weight excluding hydrogens is 575 g/mol. The normalized spacial score (nSPS) is 11.7. The maximum Gasteiger partial charge on any atom is 0.416 e. The Balaban J connectivity index is 1.42. The lowest BCUT2D eigenvalue weighted by Gasteiger charge is -2.19. The highest BCUT2D eigenvalue weighted by Crippen LogP contribution is 2.28. The molecule has 0 aromatic heterocycles. The molecule has 4 rings (SSSR count). The third kappa shape index (κ3) is 10.5. The van der Waals surface area contributed by atoms with Gasteiger partial charge in [-0.2, -0.15) is 13.2 Å². The zero-order valence-corrected chi connectivity index (χ0v) is 26.7. The van der Waals surface area contributed by atoms with Crippen LogP contribution in [0.1, 0.15) is 16.7 Å². The lowest BCUT2D eigenvalue weighted by molar-refractivity contribution is -0.137. The molecule has 0 N–H and O–H groups in total. The van der Waals surface area contributed by atoms with Crippen molar-refractivity contribution in [3.05, 3.63) is 114 Å². The highest BCUT2D eigenvalue weighted by Gasteiger charge is 2.31. The van der Waals surface area contributed by atoms with Gasteiger partial charge in [0.1, 0.15) is 12.4 Å². The van der Waals surface area contributed by atoms with Crippen LogP contribution in [0, 0.1) is 6.92 Å². The molecule has 45 heavy (non-hydrogen) atoms. The van der Waals surface area contributed by atoms with Crippen LogP contribution in [0.25, 0.3) is 0 Å². The minimum Gasteiger partial charge on any atom is -0.489 e. The van der Waals surface area contributed by atoms with E-state index in [1.807, 2.05) is 81.6 Å². The Morgan fingerprint density at radius 3 is 1.40 bits per heavy atom. The van der Waals surface area contributed by atoms with Gasteiger partial charge in [0.05, 0.1) is 5.56 Å². The average molecular weight is 616 g/mol. The van der Waals surface area contributed by atoms with Crippen LogP contribution in [0.2, 0.25) is 0 Å². The molecule has 4 aromatic rings. The van der Waals surface area contributed by atoms with Crippen molar-refractivity contribution in [2.24, 2.45) is 0 Å². The largest absolute Gasteiger partial charge is 0.489 e. The second kappa shape index (κ2) is 16.1. The molecule has 0 heterocycles. The van der Waals surface area contributed by atoms with E-state index in [0.29, 0.717) is 31.8 Å². The van der Waals surface area contributed by atoms with Gasteiger partial charge in [-0.05, 0) is 74.7 Å². The number of hydrogen-bond acceptors (Lipinski definition) is 5. The smallest absolute Gasteiger partial charge is 0.416 e. The van der Waals surface area contributed by atoms with Gasteiger partial charge in [0.15, 0.2) is 0 Å². The third-order valence-corrected chi connectivity index (χ3v) is 7.44. The van der Waals surface area contributed by atoms with E-state index in [0.717, 1.165) is 46.4 Å². The molecule has 0 spiro atoms. The van der Waals surface area contributed by atoms with E-state index >= 15 is 0 Å². The number of alkyl halides is 3. The molecule has 0 unspecified atom stereocenters. The predicted octanol–water partition coefficient (Wildman–Crippen LogP) is 3.96. The molecule has 10 heteroatoms. The molecule has 0 bridgehead atoms. The minimum absolute atomic E-state index is 0.176. The number of ether oxygens (including phenoxy) is 1. The lowest BCUT2D eigenvalue weighted by Crippen LogP contribution is -2.46. The Hall–Kier alpha value is -3.56. The quantitative estimate of drug-likeness (QED) is 0.189. The molecule has 0 radical (unpaired) electrons. The van der Waals surface area contributed by atoms with Crippen LogP contribution in [0.4, 0.5) is 13.2 Å². The fraction of sp³-hybridized carbons (Fsp3) is 0.314. The Kier molecular flexibility index (Phi) is 12.3. The molecule has 0 amide bonds. The number of halogens is 3. The highest BCUT2D eigenvalue weighted by atomic mass is 19.4. The van der Waals surface area contributed by atoms with Crippen molar-refractivity contribution in [2.75, 3.05) is 54.5 Å². The summed E-state index contributed by atoms with van der Waals surface area (Å²) < 4.78 is 57.9. The maximum absolute atomic E-state index is 13.1. The SMILES string of the molecule is Cc1ccc(B(OCCN(C)C)c2ccc(OCc3ccc(B(OCCN(C)C)c4ccc(C(F)(F)F)cc4)cc3)cc2)cc1. The Morgan fingerprint density at radius 1 is 0.578 bits per heavy atom. The van der Waals surface area contributed by atoms with Crippen molar-refractivity contribution < 1.29 is 27.2 Å². The van der Waals surface area contributed by atoms with E-state index < -0.39 is 18.7 Å². The molecule has 0 atom stereocenters. The van der Waals surface area contributed by atoms with Gasteiger partial charge >= 0.3 is 20.0 Å². The average Bonchev–Trinajstić information content (AvgIpc) is 3.01. The summed E-state index contributed by atoms with van der Waals surface area (Å²) in [6.07, 6.45) is -4.38. The van der Waals surface area contributed by atoms with Crippen LogP contribution >= 0.6 is 0 Å². The molecule has 5 nitrogen and oxygen atoms in total. The van der Waals surface area contributed by atoms with Crippen LogP contribution in [0.15, 0.2) is 97.1 Å². The van der Waals surface area contributed by atoms with E-state index in [1.54, 1.807) is 0 Å². The zero-order chi connectivity index (χ0) is 32.4. The molecule has 0 fully saturated rings. The van der Waals surface area contributed by atoms with E-state index in [1.165, 1.54) is 17.7 Å². The summed E-state index contributed by atoms with van der Waals surface area (Å²) in [4.78, 5) is 4.10. The van der Waals surface area contributed by atoms with Crippen molar-refractivity contribution in [1.29, 1.82) is 0 Å². The van der Waals surface area contributed by atoms with Crippen LogP contribution in [0.5, 0.6) is 5.75 Å². The first-order valence-corrected chi connectivity index (χ1v) is 15.1. The van der Waals surface area contributed by atoms with Crippen molar-refractivity contribution in [3.63, 3.8) is 0 Å². The molecule has 0 saturated carbocycles. The topological polar surface area (TPSA) is 34.2 Å². The Bertz CT molecular complexity index is 1450. The second-order valence-electron chi connectivity index (χ2n) is 11.7. The van der Waals surface area contributed by atoms with Gasteiger partial charge in [-0.25, -0.2) is 0 Å². The molecule has 0 aliphatic rings. The van der Waals surface area contributed by atoms with Crippen molar-refractivity contribution in [2.45, 2.75) is 19.7 Å². The first-order valence-electron chi connectivity index (χ1n) is 15.1. The number of likely N-dealkylation sites (N-methyl/N-ethyl adjacent to an activating group) is 2. The van der Waals surface area contributed by atoms with Gasteiger partial charge in [0.25, 0.3) is 0 Å². The number of hydrogen-bond donors (Lipinski definition) is 0. The van der Waals surface area contributed by atoms with Crippen LogP contribution < -0.4 is 26.6 Å². The summed E-state index contributed by atoms with van der Waals surface area (Å²) in [7, 11) is 7.95. The fourth-order valence-corrected chi connectivity index (χ4v) is 4.76. The van der Waals surface area contributed by atoms with E-state index in [-0.39, 0.29) is 6.92 Å². The first kappa shape index (κ1) is 34.3. The summed E-state index contributed by atoms with van der Waals surface area (Å²) in [5.41, 5.74) is 5.17. The Morgan fingerprint density at radius 2 is 0.978 bits per heavy atom. The maximum atomic E-state index is 13.1. The monoisotopic (exact) mass is 616 g/mol. The highest BCUT2D eigenvalue weighted by molar-refractivity contribution is 6.80. The first-order chi connectivity index (χ1) is 21.5. The molecule has 0 aliphatic carbocycles. The minimum atomic E-state index is -4.38. The van der Waals surface area contributed by atoms with E-state index in [9.17, 15) is 13.2 Å². The molecule has 4 aromatic carbocycles. The molecular formula is C35H41B2F3N2O3. The predicted molar refractivity (Wildman–Crippen MR) is 179 cm³/mol. The zero-order valence-electron chi connectivity index (χ0n) is 26.7. The molecule has 236 valence electrons. The van der Waals surface area contributed by atoms with Crippen LogP contribution in [0.3, 0.4) is 0 Å². The summed E-state index contributed by atoms with van der Waals surface area (Å²) in [6, 6.07) is 29.4. The van der Waals surface area contributed by atoms with Gasteiger partial charge in [0, 0.05) is 26.3 Å². The third-order valence-electron chi connectivity index (χ3n) is 7.44. The van der Waals surface area contributed by atoms with Gasteiger partial charge in [0.2, 0.25) is 0 Å². The summed E-state index contributed by atoms with van der Waals surface area (Å²) in [6.45, 7) is 4.34. The standard InChI is InChI=1S/C35H41B2F3N2O3/c1-27-6-12-30(13-7-27)36(44-24-22-41(2)3)33-18-20-34(21-19-33)43-26-28-8-14-31(15-9-28)37(45-25-23-42(4)5)32-16-10-29(11-17-32)35(38,39)40/h6-21H,22-26H2,1-5H3. The summed E-state index contributed by atoms with van der Waals surface area (Å²) >= 11 is 0. The van der Waals surface area contributed by atoms with Gasteiger partial charge in [-0.15, -0.1) is 0 Å². The van der Waals surface area contributed by atoms with E-state index in [2.05, 4.69) is 36.1 Å². The molecule has 0 aliphatic heterocycles. The molecule has 0 saturated heterocycles. The van der Waals surface area contributed by atoms with Gasteiger partial charge < -0.3 is 23.8 Å². The number of nitrogens with zero attached hydrogens (tertiary/aromatic N) is 2. The number of rotatable bonds is 15. The van der Waals surface area contributed by atoms with Crippen molar-refractivity contribution in [1.82, 2.24) is 9.80 Å². The van der Waals surface area contributed by atoms with Crippen molar-refractivity contribution in [3.8, 4) is 5.75 Å². The number of benzene rings is 4. The van der Waals surface area contributed by atoms with Crippen LogP contribution in [-0.2, 0) is 22.1 Å². The van der Waals surface area contributed by atoms with E-state index in [4.69, 9.17) is 14.0 Å². The van der Waals surface area contributed by atoms with Crippen LogP contribution in [-0.4, -0.2) is 78.1 Å². The van der Waals surface area contributed by atoms with Crippen molar-refractivity contribution >= 4 is 35.7 Å². The lowest BCUT2D eigenvalue weighted by atomic mass is 9.55. The second-order valence-corrected chi connectivity index (χ2v) is 11.7. The van der Waals surface area contributed by atoms with Gasteiger partial charge in [-0.3, -0.25) is 0 Å².